The highest BCUT2D eigenvalue weighted by atomic mass is 16.4. The molecule has 3 rings (SSSR count). The molecule has 11 N–H and O–H groups in total. The van der Waals surface area contributed by atoms with Gasteiger partial charge in [-0.2, -0.15) is 0 Å². The molecule has 274 valence electrons. The van der Waals surface area contributed by atoms with Crippen molar-refractivity contribution in [2.75, 3.05) is 0 Å². The lowest BCUT2D eigenvalue weighted by Gasteiger charge is -2.27. The number of H-pyrrole nitrogens is 1. The van der Waals surface area contributed by atoms with Crippen molar-refractivity contribution in [3.05, 3.63) is 71.9 Å². The van der Waals surface area contributed by atoms with Gasteiger partial charge in [-0.15, -0.1) is 0 Å². The van der Waals surface area contributed by atoms with Crippen LogP contribution in [0.4, 0.5) is 0 Å². The zero-order valence-corrected chi connectivity index (χ0v) is 28.4. The first kappa shape index (κ1) is 39.7. The van der Waals surface area contributed by atoms with E-state index < -0.39 is 90.4 Å². The molecule has 3 aromatic rings. The molecular weight excluding hydrogens is 662 g/mol. The Morgan fingerprint density at radius 3 is 1.88 bits per heavy atom. The average Bonchev–Trinajstić information content (AvgIpc) is 3.49. The number of benzene rings is 2. The molecule has 5 amide bonds. The van der Waals surface area contributed by atoms with Gasteiger partial charge in [0.1, 0.15) is 24.2 Å². The Morgan fingerprint density at radius 2 is 1.27 bits per heavy atom. The smallest absolute Gasteiger partial charge is 0.326 e. The Labute approximate surface area is 294 Å². The maximum Gasteiger partial charge on any atom is 0.326 e. The van der Waals surface area contributed by atoms with Crippen molar-refractivity contribution < 1.29 is 43.8 Å². The fraction of sp³-hybridized carbons (Fsp3) is 0.400. The number of carbonyl (C=O) groups is 7. The highest BCUT2D eigenvalue weighted by molar-refractivity contribution is 5.96. The molecule has 0 unspecified atom stereocenters. The number of amides is 5. The molecule has 2 aromatic carbocycles. The SMILES string of the molecule is CC(C)[C@H](NC(=O)[C@H](CCC(=O)O)NC(=O)[C@H](CCC(N)=O)NC(=O)[C@@H](N)Cc1ccccc1)C(=O)N[C@@H](Cc1c[nH]c2ccccc12)C(=O)O. The second kappa shape index (κ2) is 18.8. The van der Waals surface area contributed by atoms with Gasteiger partial charge >= 0.3 is 11.9 Å². The lowest BCUT2D eigenvalue weighted by molar-refractivity contribution is -0.142. The van der Waals surface area contributed by atoms with E-state index in [-0.39, 0.29) is 25.7 Å². The third kappa shape index (κ3) is 12.3. The van der Waals surface area contributed by atoms with Crippen LogP contribution in [0.5, 0.6) is 0 Å². The van der Waals surface area contributed by atoms with Crippen LogP contribution in [0.1, 0.15) is 50.7 Å². The largest absolute Gasteiger partial charge is 0.481 e. The summed E-state index contributed by atoms with van der Waals surface area (Å²) in [5.41, 5.74) is 13.6. The Balaban J connectivity index is 1.75. The van der Waals surface area contributed by atoms with Crippen molar-refractivity contribution in [2.24, 2.45) is 17.4 Å². The Bertz CT molecular complexity index is 1710. The van der Waals surface area contributed by atoms with Gasteiger partial charge in [0, 0.05) is 36.4 Å². The molecule has 0 spiro atoms. The molecule has 0 aliphatic carbocycles. The number of para-hydroxylation sites is 1. The summed E-state index contributed by atoms with van der Waals surface area (Å²) in [7, 11) is 0. The summed E-state index contributed by atoms with van der Waals surface area (Å²) in [5, 5.41) is 29.9. The normalized spacial score (nSPS) is 14.0. The van der Waals surface area contributed by atoms with Crippen LogP contribution in [0.3, 0.4) is 0 Å². The summed E-state index contributed by atoms with van der Waals surface area (Å²) in [6.07, 6.45) is 0.225. The summed E-state index contributed by atoms with van der Waals surface area (Å²) >= 11 is 0. The van der Waals surface area contributed by atoms with E-state index in [1.165, 1.54) is 0 Å². The van der Waals surface area contributed by atoms with Crippen molar-refractivity contribution in [3.8, 4) is 0 Å². The van der Waals surface area contributed by atoms with Gasteiger partial charge in [0.25, 0.3) is 0 Å². The monoisotopic (exact) mass is 707 g/mol. The highest BCUT2D eigenvalue weighted by Crippen LogP contribution is 2.19. The van der Waals surface area contributed by atoms with Crippen LogP contribution < -0.4 is 32.7 Å². The van der Waals surface area contributed by atoms with Crippen LogP contribution in [-0.4, -0.2) is 86.9 Å². The number of aromatic nitrogens is 1. The van der Waals surface area contributed by atoms with E-state index >= 15 is 0 Å². The first-order valence-electron chi connectivity index (χ1n) is 16.4. The maximum atomic E-state index is 13.6. The molecule has 0 saturated heterocycles. The van der Waals surface area contributed by atoms with Crippen LogP contribution in [0.2, 0.25) is 0 Å². The van der Waals surface area contributed by atoms with E-state index in [0.717, 1.165) is 16.5 Å². The predicted octanol–water partition coefficient (Wildman–Crippen LogP) is 0.0905. The molecule has 0 aliphatic rings. The number of aromatic amines is 1. The maximum absolute atomic E-state index is 13.6. The van der Waals surface area contributed by atoms with Gasteiger partial charge in [-0.1, -0.05) is 62.4 Å². The second-order valence-corrected chi connectivity index (χ2v) is 12.5. The number of hydrogen-bond donors (Lipinski definition) is 9. The number of nitrogens with two attached hydrogens (primary N) is 2. The quantitative estimate of drug-likeness (QED) is 0.0763. The van der Waals surface area contributed by atoms with Crippen LogP contribution in [0, 0.1) is 5.92 Å². The molecule has 16 nitrogen and oxygen atoms in total. The van der Waals surface area contributed by atoms with E-state index in [4.69, 9.17) is 11.5 Å². The molecule has 16 heteroatoms. The Morgan fingerprint density at radius 1 is 0.706 bits per heavy atom. The fourth-order valence-corrected chi connectivity index (χ4v) is 5.37. The van der Waals surface area contributed by atoms with E-state index in [1.807, 2.05) is 18.2 Å². The summed E-state index contributed by atoms with van der Waals surface area (Å²) < 4.78 is 0. The minimum Gasteiger partial charge on any atom is -0.481 e. The van der Waals surface area contributed by atoms with Crippen LogP contribution in [0.15, 0.2) is 60.8 Å². The minimum atomic E-state index is -1.50. The molecule has 0 bridgehead atoms. The lowest BCUT2D eigenvalue weighted by Crippen LogP contribution is -2.59. The van der Waals surface area contributed by atoms with Crippen molar-refractivity contribution in [2.45, 2.75) is 82.6 Å². The number of fused-ring (bicyclic) bond motifs is 1. The summed E-state index contributed by atoms with van der Waals surface area (Å²) in [4.78, 5) is 91.6. The summed E-state index contributed by atoms with van der Waals surface area (Å²) in [5.74, 6) is -7.28. The summed E-state index contributed by atoms with van der Waals surface area (Å²) in [6, 6.07) is 9.54. The van der Waals surface area contributed by atoms with E-state index in [0.29, 0.717) is 5.56 Å². The number of carbonyl (C=O) groups excluding carboxylic acids is 5. The van der Waals surface area contributed by atoms with Crippen molar-refractivity contribution in [3.63, 3.8) is 0 Å². The fourth-order valence-electron chi connectivity index (χ4n) is 5.37. The van der Waals surface area contributed by atoms with Gasteiger partial charge in [-0.05, 0) is 42.4 Å². The van der Waals surface area contributed by atoms with Crippen LogP contribution in [0.25, 0.3) is 10.9 Å². The number of nitrogens with one attached hydrogen (secondary N) is 5. The summed E-state index contributed by atoms with van der Waals surface area (Å²) in [6.45, 7) is 3.22. The van der Waals surface area contributed by atoms with Gasteiger partial charge in [-0.3, -0.25) is 28.8 Å². The molecule has 0 fully saturated rings. The first-order valence-corrected chi connectivity index (χ1v) is 16.4. The third-order valence-corrected chi connectivity index (χ3v) is 8.19. The molecule has 1 aromatic heterocycles. The second-order valence-electron chi connectivity index (χ2n) is 12.5. The first-order chi connectivity index (χ1) is 24.2. The van der Waals surface area contributed by atoms with Crippen LogP contribution in [-0.2, 0) is 46.4 Å². The number of carboxylic acids is 2. The topological polar surface area (TPSA) is 276 Å². The van der Waals surface area contributed by atoms with Crippen molar-refractivity contribution in [1.29, 1.82) is 0 Å². The molecule has 5 atom stereocenters. The molecule has 51 heavy (non-hydrogen) atoms. The number of aliphatic carboxylic acids is 2. The van der Waals surface area contributed by atoms with Gasteiger partial charge in [0.15, 0.2) is 0 Å². The zero-order valence-electron chi connectivity index (χ0n) is 28.4. The molecule has 0 saturated carbocycles. The van der Waals surface area contributed by atoms with Gasteiger partial charge in [0.2, 0.25) is 29.5 Å². The van der Waals surface area contributed by atoms with Crippen LogP contribution >= 0.6 is 0 Å². The zero-order chi connectivity index (χ0) is 37.7. The van der Waals surface area contributed by atoms with E-state index in [9.17, 15) is 43.8 Å². The highest BCUT2D eigenvalue weighted by Gasteiger charge is 2.33. The number of rotatable bonds is 20. The third-order valence-electron chi connectivity index (χ3n) is 8.19. The van der Waals surface area contributed by atoms with Crippen molar-refractivity contribution >= 4 is 52.4 Å². The number of hydrogen-bond acceptors (Lipinski definition) is 8. The lowest BCUT2D eigenvalue weighted by atomic mass is 10.00. The predicted molar refractivity (Wildman–Crippen MR) is 186 cm³/mol. The van der Waals surface area contributed by atoms with Gasteiger partial charge in [-0.25, -0.2) is 4.79 Å². The van der Waals surface area contributed by atoms with Gasteiger partial charge in [0.05, 0.1) is 6.04 Å². The Kier molecular flexibility index (Phi) is 14.7. The standard InChI is InChI=1S/C35H45N7O9/c1-19(2)30(34(49)41-27(35(50)51)17-21-18-38-24-11-7-6-10-22(21)24)42-33(48)26(13-15-29(44)45)40-32(47)25(12-14-28(37)43)39-31(46)23(36)16-20-8-4-3-5-9-20/h3-11,18-19,23,25-27,30,38H,12-17,36H2,1-2H3,(H2,37,43)(H,39,46)(H,40,47)(H,41,49)(H,42,48)(H,44,45)(H,50,51)/t23-,25-,26-,27-,30-/m0/s1. The molecule has 1 heterocycles. The number of carboxylic acid groups (broad SMARTS) is 2. The molecule has 0 radical (unpaired) electrons. The van der Waals surface area contributed by atoms with Crippen molar-refractivity contribution in [1.82, 2.24) is 26.3 Å². The van der Waals surface area contributed by atoms with E-state index in [1.54, 1.807) is 56.4 Å². The van der Waals surface area contributed by atoms with E-state index in [2.05, 4.69) is 26.3 Å². The molecule has 0 aliphatic heterocycles. The molecular formula is C35H45N7O9. The average molecular weight is 708 g/mol. The number of primary amides is 1. The minimum absolute atomic E-state index is 0.0610. The Hall–Kier alpha value is -5.77. The van der Waals surface area contributed by atoms with Gasteiger partial charge < -0.3 is 47.9 Å².